The summed E-state index contributed by atoms with van der Waals surface area (Å²) in [5.41, 5.74) is 17.2. The maximum atomic E-state index is 13.3. The molecule has 3 aromatic heterocycles. The molecule has 1 fully saturated rings. The van der Waals surface area contributed by atoms with Gasteiger partial charge in [-0.1, -0.05) is 42.5 Å². The van der Waals surface area contributed by atoms with Crippen molar-refractivity contribution in [2.45, 2.75) is 18.8 Å². The molecule has 0 atom stereocenters. The molecule has 1 aliphatic heterocycles. The minimum atomic E-state index is -0.768. The zero-order chi connectivity index (χ0) is 27.1. The molecule has 5 aromatic rings. The fourth-order valence-corrected chi connectivity index (χ4v) is 5.54. The first kappa shape index (κ1) is 24.6. The Morgan fingerprint density at radius 3 is 2.28 bits per heavy atom. The van der Waals surface area contributed by atoms with E-state index >= 15 is 0 Å². The van der Waals surface area contributed by atoms with Crippen LogP contribution >= 0.6 is 0 Å². The van der Waals surface area contributed by atoms with Gasteiger partial charge in [0.05, 0.1) is 0 Å². The predicted octanol–water partition coefficient (Wildman–Crippen LogP) is 3.70. The Morgan fingerprint density at radius 2 is 1.62 bits per heavy atom. The summed E-state index contributed by atoms with van der Waals surface area (Å²) in [5.74, 6) is 0.0320. The highest BCUT2D eigenvalue weighted by Gasteiger charge is 2.25. The lowest BCUT2D eigenvalue weighted by Gasteiger charge is -2.28. The minimum Gasteiger partial charge on any atom is -0.382 e. The number of hydrogen-bond donors (Lipinski definition) is 2. The highest BCUT2D eigenvalue weighted by Crippen LogP contribution is 2.37. The van der Waals surface area contributed by atoms with Crippen molar-refractivity contribution in [3.63, 3.8) is 0 Å². The zero-order valence-corrected chi connectivity index (χ0v) is 21.6. The van der Waals surface area contributed by atoms with Gasteiger partial charge in [0.2, 0.25) is 0 Å². The molecule has 0 bridgehead atoms. The molecule has 0 unspecified atom stereocenters. The van der Waals surface area contributed by atoms with E-state index in [1.807, 2.05) is 47.0 Å². The Morgan fingerprint density at radius 1 is 0.949 bits per heavy atom. The number of carbonyl (C=O) groups excluding carboxylic acids is 1. The number of fused-ring (bicyclic) bond motifs is 1. The maximum Gasteiger partial charge on any atom is 0.268 e. The van der Waals surface area contributed by atoms with E-state index < -0.39 is 11.5 Å². The van der Waals surface area contributed by atoms with Gasteiger partial charge in [-0.05, 0) is 68.4 Å². The summed E-state index contributed by atoms with van der Waals surface area (Å²) in [6.45, 7) is 2.07. The number of nitrogen functional groups attached to an aromatic ring is 1. The lowest BCUT2D eigenvalue weighted by molar-refractivity contribution is 0.0999. The monoisotopic (exact) mass is 519 g/mol. The third-order valence-corrected chi connectivity index (χ3v) is 7.63. The SMILES string of the molecule is CN1CCC(c2cc(-c3ccc(-c4ccn(-c5ccccc5)c(=O)c4C(N)=O)cc3)c3c(N)ncnn23)CC1. The van der Waals surface area contributed by atoms with E-state index in [0.29, 0.717) is 28.6 Å². The first-order valence-corrected chi connectivity index (χ1v) is 12.9. The number of nitrogens with zero attached hydrogens (tertiary/aromatic N) is 5. The zero-order valence-electron chi connectivity index (χ0n) is 21.6. The largest absolute Gasteiger partial charge is 0.382 e. The van der Waals surface area contributed by atoms with Crippen LogP contribution in [0, 0.1) is 0 Å². The highest BCUT2D eigenvalue weighted by molar-refractivity contribution is 5.99. The molecule has 2 aromatic carbocycles. The van der Waals surface area contributed by atoms with Gasteiger partial charge in [-0.2, -0.15) is 5.10 Å². The van der Waals surface area contributed by atoms with Gasteiger partial charge in [0.1, 0.15) is 17.4 Å². The predicted molar refractivity (Wildman–Crippen MR) is 152 cm³/mol. The molecule has 0 radical (unpaired) electrons. The van der Waals surface area contributed by atoms with Crippen LogP contribution in [0.2, 0.25) is 0 Å². The van der Waals surface area contributed by atoms with Crippen molar-refractivity contribution in [2.24, 2.45) is 5.73 Å². The number of aromatic nitrogens is 4. The summed E-state index contributed by atoms with van der Waals surface area (Å²) >= 11 is 0. The van der Waals surface area contributed by atoms with E-state index in [4.69, 9.17) is 11.5 Å². The molecule has 4 N–H and O–H groups in total. The molecule has 39 heavy (non-hydrogen) atoms. The van der Waals surface area contributed by atoms with Crippen molar-refractivity contribution < 1.29 is 4.79 Å². The van der Waals surface area contributed by atoms with E-state index in [2.05, 4.69) is 28.1 Å². The molecule has 0 saturated carbocycles. The number of pyridine rings is 1. The van der Waals surface area contributed by atoms with Gasteiger partial charge in [-0.15, -0.1) is 0 Å². The second kappa shape index (κ2) is 9.85. The number of nitrogens with two attached hydrogens (primary N) is 2. The molecule has 0 aliphatic carbocycles. The minimum absolute atomic E-state index is 0.0504. The van der Waals surface area contributed by atoms with E-state index in [1.54, 1.807) is 24.4 Å². The van der Waals surface area contributed by atoms with Crippen LogP contribution < -0.4 is 17.0 Å². The van der Waals surface area contributed by atoms with E-state index in [1.165, 1.54) is 10.9 Å². The van der Waals surface area contributed by atoms with Gasteiger partial charge < -0.3 is 16.4 Å². The first-order chi connectivity index (χ1) is 18.9. The normalized spacial score (nSPS) is 14.6. The topological polar surface area (TPSA) is 125 Å². The molecule has 1 saturated heterocycles. The highest BCUT2D eigenvalue weighted by atomic mass is 16.2. The quantitative estimate of drug-likeness (QED) is 0.365. The third kappa shape index (κ3) is 4.36. The summed E-state index contributed by atoms with van der Waals surface area (Å²) in [6.07, 6.45) is 5.27. The van der Waals surface area contributed by atoms with E-state index in [9.17, 15) is 9.59 Å². The molecular weight excluding hydrogens is 490 g/mol. The molecule has 6 rings (SSSR count). The summed E-state index contributed by atoms with van der Waals surface area (Å²) in [5, 5.41) is 4.54. The smallest absolute Gasteiger partial charge is 0.268 e. The summed E-state index contributed by atoms with van der Waals surface area (Å²) < 4.78 is 3.36. The van der Waals surface area contributed by atoms with Gasteiger partial charge in [0.25, 0.3) is 11.5 Å². The number of para-hydroxylation sites is 1. The van der Waals surface area contributed by atoms with Crippen LogP contribution in [0.25, 0.3) is 33.5 Å². The first-order valence-electron chi connectivity index (χ1n) is 12.9. The summed E-state index contributed by atoms with van der Waals surface area (Å²) in [6, 6.07) is 20.8. The molecule has 4 heterocycles. The number of amides is 1. The van der Waals surface area contributed by atoms with Crippen LogP contribution in [0.3, 0.4) is 0 Å². The second-order valence-corrected chi connectivity index (χ2v) is 10.0. The van der Waals surface area contributed by atoms with Crippen LogP contribution in [0.1, 0.15) is 34.8 Å². The number of anilines is 1. The number of hydrogen-bond acceptors (Lipinski definition) is 6. The molecule has 9 heteroatoms. The molecule has 9 nitrogen and oxygen atoms in total. The Labute approximate surface area is 225 Å². The van der Waals surface area contributed by atoms with Gasteiger partial charge >= 0.3 is 0 Å². The molecule has 0 spiro atoms. The lowest BCUT2D eigenvalue weighted by atomic mass is 9.93. The van der Waals surface area contributed by atoms with E-state index in [0.717, 1.165) is 48.3 Å². The van der Waals surface area contributed by atoms with E-state index in [-0.39, 0.29) is 5.56 Å². The summed E-state index contributed by atoms with van der Waals surface area (Å²) in [7, 11) is 2.15. The fourth-order valence-electron chi connectivity index (χ4n) is 5.54. The number of likely N-dealkylation sites (tertiary alicyclic amines) is 1. The van der Waals surface area contributed by atoms with Crippen molar-refractivity contribution in [2.75, 3.05) is 25.9 Å². The van der Waals surface area contributed by atoms with Crippen LogP contribution in [0.15, 0.2) is 84.0 Å². The molecule has 1 amide bonds. The molecule has 196 valence electrons. The van der Waals surface area contributed by atoms with Crippen LogP contribution in [-0.4, -0.2) is 50.1 Å². The van der Waals surface area contributed by atoms with Gasteiger partial charge in [-0.3, -0.25) is 14.2 Å². The Hall–Kier alpha value is -4.76. The lowest BCUT2D eigenvalue weighted by Crippen LogP contribution is -2.29. The van der Waals surface area contributed by atoms with Gasteiger partial charge in [0.15, 0.2) is 5.82 Å². The van der Waals surface area contributed by atoms with Crippen LogP contribution in [0.5, 0.6) is 0 Å². The Kier molecular flexibility index (Phi) is 6.20. The van der Waals surface area contributed by atoms with Crippen molar-refractivity contribution in [3.8, 4) is 27.9 Å². The van der Waals surface area contributed by atoms with Crippen molar-refractivity contribution in [1.82, 2.24) is 24.1 Å². The number of primary amides is 1. The second-order valence-electron chi connectivity index (χ2n) is 10.0. The average molecular weight is 520 g/mol. The number of carbonyl (C=O) groups is 1. The van der Waals surface area contributed by atoms with Crippen molar-refractivity contribution in [3.05, 3.63) is 101 Å². The summed E-state index contributed by atoms with van der Waals surface area (Å²) in [4.78, 5) is 32.3. The van der Waals surface area contributed by atoms with Crippen LogP contribution in [-0.2, 0) is 0 Å². The third-order valence-electron chi connectivity index (χ3n) is 7.63. The van der Waals surface area contributed by atoms with Crippen molar-refractivity contribution in [1.29, 1.82) is 0 Å². The Bertz CT molecular complexity index is 1730. The average Bonchev–Trinajstić information content (AvgIpc) is 3.34. The fraction of sp³-hybridized carbons (Fsp3) is 0.200. The van der Waals surface area contributed by atoms with Gasteiger partial charge in [0, 0.05) is 34.6 Å². The standard InChI is InChI=1S/C30H29N7O2/c1-35-14-11-21(12-15-35)25-17-24(27-28(31)33-18-34-37(25)27)20-9-7-19(8-10-20)23-13-16-36(22-5-3-2-4-6-22)30(39)26(23)29(32)38/h2-10,13,16-18,21H,11-12,14-15H2,1H3,(H2,32,38)(H2,31,33,34). The van der Waals surface area contributed by atoms with Crippen LogP contribution in [0.4, 0.5) is 5.82 Å². The number of benzene rings is 2. The molecule has 1 aliphatic rings. The number of rotatable bonds is 5. The Balaban J connectivity index is 1.41. The maximum absolute atomic E-state index is 13.3. The van der Waals surface area contributed by atoms with Gasteiger partial charge in [-0.25, -0.2) is 9.50 Å². The van der Waals surface area contributed by atoms with Crippen molar-refractivity contribution >= 4 is 17.2 Å². The number of piperidine rings is 1. The molecular formula is C30H29N7O2.